The lowest BCUT2D eigenvalue weighted by atomic mass is 10.0. The smallest absolute Gasteiger partial charge is 0.423 e. The van der Waals surface area contributed by atoms with Crippen molar-refractivity contribution in [3.05, 3.63) is 33.9 Å². The van der Waals surface area contributed by atoms with Gasteiger partial charge in [0.15, 0.2) is 0 Å². The second-order valence-electron chi connectivity index (χ2n) is 7.88. The maximum absolute atomic E-state index is 13.0. The van der Waals surface area contributed by atoms with Crippen molar-refractivity contribution < 1.29 is 22.8 Å². The van der Waals surface area contributed by atoms with E-state index in [2.05, 4.69) is 6.92 Å². The molecule has 172 valence electrons. The molecule has 0 unspecified atom stereocenters. The van der Waals surface area contributed by atoms with E-state index < -0.39 is 22.4 Å². The molecule has 1 aromatic carbocycles. The van der Waals surface area contributed by atoms with Gasteiger partial charge in [-0.2, -0.15) is 13.2 Å². The quantitative estimate of drug-likeness (QED) is 0.141. The Morgan fingerprint density at radius 1 is 0.833 bits per heavy atom. The third-order valence-corrected chi connectivity index (χ3v) is 5.24. The molecule has 4 nitrogen and oxygen atoms in total. The van der Waals surface area contributed by atoms with E-state index in [1.165, 1.54) is 76.7 Å². The predicted molar refractivity (Wildman–Crippen MR) is 114 cm³/mol. The first-order valence-electron chi connectivity index (χ1n) is 11.3. The number of halogens is 3. The van der Waals surface area contributed by atoms with Crippen LogP contribution in [0.4, 0.5) is 18.9 Å². The summed E-state index contributed by atoms with van der Waals surface area (Å²) in [4.78, 5) is 9.72. The second kappa shape index (κ2) is 15.1. The van der Waals surface area contributed by atoms with E-state index >= 15 is 0 Å². The van der Waals surface area contributed by atoms with Gasteiger partial charge in [-0.3, -0.25) is 10.1 Å². The van der Waals surface area contributed by atoms with Gasteiger partial charge >= 0.3 is 6.18 Å². The molecule has 0 aliphatic carbocycles. The molecule has 0 saturated heterocycles. The summed E-state index contributed by atoms with van der Waals surface area (Å²) >= 11 is 0. The fraction of sp³-hybridized carbons (Fsp3) is 0.739. The first-order valence-corrected chi connectivity index (χ1v) is 11.3. The Bertz CT molecular complexity index is 606. The molecule has 7 heteroatoms. The molecule has 0 spiro atoms. The minimum atomic E-state index is -4.78. The summed E-state index contributed by atoms with van der Waals surface area (Å²) in [5.41, 5.74) is -2.22. The number of alkyl halides is 3. The van der Waals surface area contributed by atoms with Gasteiger partial charge in [-0.15, -0.1) is 0 Å². The lowest BCUT2D eigenvalue weighted by Gasteiger charge is -2.11. The summed E-state index contributed by atoms with van der Waals surface area (Å²) in [5.74, 6) is 0.0163. The Balaban J connectivity index is 2.07. The van der Waals surface area contributed by atoms with Gasteiger partial charge in [0.25, 0.3) is 5.69 Å². The van der Waals surface area contributed by atoms with Gasteiger partial charge in [0.2, 0.25) is 0 Å². The number of rotatable bonds is 17. The van der Waals surface area contributed by atoms with Crippen LogP contribution in [0.2, 0.25) is 0 Å². The van der Waals surface area contributed by atoms with E-state index in [0.717, 1.165) is 25.3 Å². The fourth-order valence-corrected chi connectivity index (χ4v) is 3.48. The van der Waals surface area contributed by atoms with E-state index in [9.17, 15) is 23.3 Å². The zero-order valence-corrected chi connectivity index (χ0v) is 18.1. The van der Waals surface area contributed by atoms with Crippen LogP contribution in [-0.4, -0.2) is 11.5 Å². The third-order valence-electron chi connectivity index (χ3n) is 5.24. The molecule has 0 atom stereocenters. The van der Waals surface area contributed by atoms with Gasteiger partial charge in [-0.1, -0.05) is 90.4 Å². The normalized spacial score (nSPS) is 11.6. The van der Waals surface area contributed by atoms with Crippen LogP contribution >= 0.6 is 0 Å². The van der Waals surface area contributed by atoms with Crippen molar-refractivity contribution in [1.82, 2.24) is 0 Å². The van der Waals surface area contributed by atoms with Crippen LogP contribution in [-0.2, 0) is 6.18 Å². The maximum Gasteiger partial charge on any atom is 0.423 e. The number of unbranched alkanes of at least 4 members (excludes halogenated alkanes) is 13. The van der Waals surface area contributed by atoms with E-state index in [0.29, 0.717) is 12.7 Å². The molecule has 0 heterocycles. The number of nitro benzene ring substituents is 1. The summed E-state index contributed by atoms with van der Waals surface area (Å²) in [6, 6.07) is 2.78. The largest absolute Gasteiger partial charge is 0.494 e. The molecule has 0 N–H and O–H groups in total. The van der Waals surface area contributed by atoms with Crippen LogP contribution in [0.3, 0.4) is 0 Å². The van der Waals surface area contributed by atoms with Crippen molar-refractivity contribution >= 4 is 5.69 Å². The molecule has 1 aromatic rings. The maximum atomic E-state index is 13.0. The van der Waals surface area contributed by atoms with Crippen LogP contribution in [0, 0.1) is 10.1 Å². The Labute approximate surface area is 178 Å². The van der Waals surface area contributed by atoms with Crippen LogP contribution in [0.25, 0.3) is 0 Å². The molecule has 30 heavy (non-hydrogen) atoms. The van der Waals surface area contributed by atoms with Crippen molar-refractivity contribution in [2.75, 3.05) is 6.61 Å². The van der Waals surface area contributed by atoms with Gasteiger partial charge in [0.05, 0.1) is 11.5 Å². The van der Waals surface area contributed by atoms with Crippen molar-refractivity contribution in [3.63, 3.8) is 0 Å². The molecule has 0 aliphatic rings. The monoisotopic (exact) mass is 431 g/mol. The molecule has 0 bridgehead atoms. The third kappa shape index (κ3) is 11.4. The zero-order valence-electron chi connectivity index (χ0n) is 18.1. The highest BCUT2D eigenvalue weighted by atomic mass is 19.4. The number of hydrogen-bond acceptors (Lipinski definition) is 3. The zero-order chi connectivity index (χ0) is 22.2. The summed E-state index contributed by atoms with van der Waals surface area (Å²) < 4.78 is 44.2. The minimum Gasteiger partial charge on any atom is -0.494 e. The van der Waals surface area contributed by atoms with Gasteiger partial charge in [-0.25, -0.2) is 0 Å². The van der Waals surface area contributed by atoms with Gasteiger partial charge < -0.3 is 4.74 Å². The van der Waals surface area contributed by atoms with Crippen LogP contribution in [0.5, 0.6) is 5.75 Å². The van der Waals surface area contributed by atoms with Crippen LogP contribution in [0.15, 0.2) is 18.2 Å². The Kier molecular flexibility index (Phi) is 13.2. The van der Waals surface area contributed by atoms with Crippen molar-refractivity contribution in [2.24, 2.45) is 0 Å². The van der Waals surface area contributed by atoms with Crippen LogP contribution in [0.1, 0.15) is 102 Å². The minimum absolute atomic E-state index is 0.0163. The van der Waals surface area contributed by atoms with Gasteiger partial charge in [-0.05, 0) is 18.6 Å². The molecule has 0 aromatic heterocycles. The lowest BCUT2D eigenvalue weighted by molar-refractivity contribution is -0.388. The number of hydrogen-bond donors (Lipinski definition) is 0. The number of nitrogens with zero attached hydrogens (tertiary/aromatic N) is 1. The average molecular weight is 432 g/mol. The first kappa shape index (κ1) is 26.2. The molecule has 0 aliphatic heterocycles. The Morgan fingerprint density at radius 3 is 1.73 bits per heavy atom. The summed E-state index contributed by atoms with van der Waals surface area (Å²) in [5, 5.41) is 10.8. The van der Waals surface area contributed by atoms with E-state index in [1.54, 1.807) is 0 Å². The van der Waals surface area contributed by atoms with E-state index in [4.69, 9.17) is 4.74 Å². The van der Waals surface area contributed by atoms with Crippen molar-refractivity contribution in [1.29, 1.82) is 0 Å². The van der Waals surface area contributed by atoms with Crippen LogP contribution < -0.4 is 4.74 Å². The van der Waals surface area contributed by atoms with Gasteiger partial charge in [0, 0.05) is 6.07 Å². The summed E-state index contributed by atoms with van der Waals surface area (Å²) in [7, 11) is 0. The fourth-order valence-electron chi connectivity index (χ4n) is 3.48. The molecule has 0 radical (unpaired) electrons. The highest BCUT2D eigenvalue weighted by molar-refractivity contribution is 5.46. The molecule has 1 rings (SSSR count). The predicted octanol–water partition coefficient (Wildman–Crippen LogP) is 8.47. The lowest BCUT2D eigenvalue weighted by Crippen LogP contribution is -2.09. The molecule has 0 saturated carbocycles. The van der Waals surface area contributed by atoms with E-state index in [1.807, 2.05) is 0 Å². The highest BCUT2D eigenvalue weighted by Gasteiger charge is 2.38. The number of ether oxygens (including phenoxy) is 1. The highest BCUT2D eigenvalue weighted by Crippen LogP contribution is 2.38. The van der Waals surface area contributed by atoms with Gasteiger partial charge in [0.1, 0.15) is 11.3 Å². The Hall–Kier alpha value is -1.79. The molecular formula is C23H36F3NO3. The van der Waals surface area contributed by atoms with Crippen molar-refractivity contribution in [3.8, 4) is 5.75 Å². The first-order chi connectivity index (χ1) is 14.4. The van der Waals surface area contributed by atoms with Crippen molar-refractivity contribution in [2.45, 2.75) is 103 Å². The molecule has 0 fully saturated rings. The topological polar surface area (TPSA) is 52.4 Å². The standard InChI is InChI=1S/C23H36F3NO3/c1-2-3-4-5-6-7-8-9-10-11-12-13-14-15-18-30-20-16-17-22(27(28)29)21(19-20)23(24,25)26/h16-17,19H,2-15,18H2,1H3. The Morgan fingerprint density at radius 2 is 1.30 bits per heavy atom. The SMILES string of the molecule is CCCCCCCCCCCCCCCCOc1ccc([N+](=O)[O-])c(C(F)(F)F)c1. The summed E-state index contributed by atoms with van der Waals surface area (Å²) in [6.45, 7) is 2.55. The summed E-state index contributed by atoms with van der Waals surface area (Å²) in [6.07, 6.45) is 12.4. The van der Waals surface area contributed by atoms with E-state index in [-0.39, 0.29) is 5.75 Å². The average Bonchev–Trinajstić information content (AvgIpc) is 2.70. The number of benzene rings is 1. The number of nitro groups is 1. The second-order valence-corrected chi connectivity index (χ2v) is 7.88. The molecular weight excluding hydrogens is 395 g/mol. The molecule has 0 amide bonds.